The zero-order valence-corrected chi connectivity index (χ0v) is 11.2. The molecule has 5 nitrogen and oxygen atoms in total. The molecule has 5 heteroatoms. The molecule has 0 radical (unpaired) electrons. The van der Waals surface area contributed by atoms with Crippen molar-refractivity contribution in [2.24, 2.45) is 5.16 Å². The molecule has 1 amide bonds. The number of oxime groups is 1. The van der Waals surface area contributed by atoms with Gasteiger partial charge in [-0.3, -0.25) is 4.90 Å². The first-order valence-electron chi connectivity index (χ1n) is 5.86. The summed E-state index contributed by atoms with van der Waals surface area (Å²) in [5, 5.41) is 3.91. The monoisotopic (exact) mass is 252 g/mol. The van der Waals surface area contributed by atoms with Gasteiger partial charge in [-0.05, 0) is 26.8 Å². The minimum absolute atomic E-state index is 0.344. The van der Waals surface area contributed by atoms with Gasteiger partial charge < -0.3 is 9.57 Å². The van der Waals surface area contributed by atoms with Crippen LogP contribution in [0.5, 0.6) is 0 Å². The molecule has 0 saturated carbocycles. The lowest BCUT2D eigenvalue weighted by molar-refractivity contribution is 0.0295. The predicted molar refractivity (Wildman–Crippen MR) is 70.5 cm³/mol. The van der Waals surface area contributed by atoms with Crippen molar-refractivity contribution in [1.29, 1.82) is 0 Å². The lowest BCUT2D eigenvalue weighted by atomic mass is 10.2. The third kappa shape index (κ3) is 5.03. The molecule has 0 atom stereocenters. The summed E-state index contributed by atoms with van der Waals surface area (Å²) in [7, 11) is 0. The Kier molecular flexibility index (Phi) is 4.95. The van der Waals surface area contributed by atoms with E-state index in [0.29, 0.717) is 25.4 Å². The number of hydrogen-bond acceptors (Lipinski definition) is 4. The van der Waals surface area contributed by atoms with Gasteiger partial charge >= 0.3 is 6.09 Å². The van der Waals surface area contributed by atoms with Crippen molar-refractivity contribution in [2.45, 2.75) is 26.4 Å². The lowest BCUT2D eigenvalue weighted by Gasteiger charge is -2.28. The average Bonchev–Trinajstić information content (AvgIpc) is 2.27. The van der Waals surface area contributed by atoms with Gasteiger partial charge in [0, 0.05) is 6.54 Å². The van der Waals surface area contributed by atoms with E-state index in [2.05, 4.69) is 11.7 Å². The molecule has 18 heavy (non-hydrogen) atoms. The predicted octanol–water partition coefficient (Wildman–Crippen LogP) is 2.35. The summed E-state index contributed by atoms with van der Waals surface area (Å²) in [5.74, 6) is 0. The van der Waals surface area contributed by atoms with Crippen LogP contribution in [0.4, 0.5) is 4.79 Å². The molecule has 0 unspecified atom stereocenters. The Morgan fingerprint density at radius 2 is 2.33 bits per heavy atom. The number of ether oxygens (including phenoxy) is 1. The molecule has 0 aromatic carbocycles. The Morgan fingerprint density at radius 1 is 1.61 bits per heavy atom. The van der Waals surface area contributed by atoms with Crippen LogP contribution in [0.2, 0.25) is 0 Å². The number of nitrogens with zero attached hydrogens (tertiary/aromatic N) is 2. The number of rotatable bonds is 3. The first-order valence-corrected chi connectivity index (χ1v) is 5.86. The summed E-state index contributed by atoms with van der Waals surface area (Å²) >= 11 is 0. The van der Waals surface area contributed by atoms with Gasteiger partial charge in [0.1, 0.15) is 12.2 Å². The molecule has 0 N–H and O–H groups in total. The van der Waals surface area contributed by atoms with Crippen LogP contribution in [0.25, 0.3) is 0 Å². The summed E-state index contributed by atoms with van der Waals surface area (Å²) < 4.78 is 5.29. The van der Waals surface area contributed by atoms with E-state index in [0.717, 1.165) is 0 Å². The van der Waals surface area contributed by atoms with Crippen LogP contribution in [-0.2, 0) is 9.57 Å². The zero-order chi connectivity index (χ0) is 13.6. The molecule has 0 fully saturated rings. The Morgan fingerprint density at radius 3 is 2.94 bits per heavy atom. The van der Waals surface area contributed by atoms with Gasteiger partial charge in [-0.15, -0.1) is 0 Å². The van der Waals surface area contributed by atoms with Gasteiger partial charge in [-0.2, -0.15) is 0 Å². The second-order valence-electron chi connectivity index (χ2n) is 4.93. The van der Waals surface area contributed by atoms with Crippen molar-refractivity contribution in [3.05, 3.63) is 24.8 Å². The standard InChI is InChI=1S/C13H20N2O3/c1-5-9-17-14-11-7-6-8-15(10-11)12(16)18-13(2,3)4/h5-7H,1,8-10H2,2-4H3. The molecule has 0 aromatic heterocycles. The van der Waals surface area contributed by atoms with Crippen molar-refractivity contribution in [2.75, 3.05) is 19.7 Å². The zero-order valence-electron chi connectivity index (χ0n) is 11.2. The highest BCUT2D eigenvalue weighted by Gasteiger charge is 2.23. The van der Waals surface area contributed by atoms with Crippen molar-refractivity contribution in [3.63, 3.8) is 0 Å². The van der Waals surface area contributed by atoms with E-state index < -0.39 is 5.60 Å². The third-order valence-electron chi connectivity index (χ3n) is 2.01. The molecule has 1 aliphatic rings. The second kappa shape index (κ2) is 6.23. The molecular formula is C13H20N2O3. The quantitative estimate of drug-likeness (QED) is 0.440. The minimum atomic E-state index is -0.491. The summed E-state index contributed by atoms with van der Waals surface area (Å²) in [5.41, 5.74) is 0.198. The smallest absolute Gasteiger partial charge is 0.410 e. The van der Waals surface area contributed by atoms with E-state index >= 15 is 0 Å². The molecule has 1 heterocycles. The van der Waals surface area contributed by atoms with Crippen molar-refractivity contribution in [1.82, 2.24) is 4.90 Å². The molecule has 0 aliphatic carbocycles. The maximum absolute atomic E-state index is 11.8. The Hall–Kier alpha value is -1.78. The highest BCUT2D eigenvalue weighted by Crippen LogP contribution is 2.11. The minimum Gasteiger partial charge on any atom is -0.444 e. The summed E-state index contributed by atoms with van der Waals surface area (Å²) in [6.07, 6.45) is 4.96. The van der Waals surface area contributed by atoms with Crippen LogP contribution in [-0.4, -0.2) is 42.0 Å². The van der Waals surface area contributed by atoms with Crippen LogP contribution in [0.3, 0.4) is 0 Å². The van der Waals surface area contributed by atoms with Crippen molar-refractivity contribution >= 4 is 11.8 Å². The molecule has 0 saturated heterocycles. The van der Waals surface area contributed by atoms with Crippen LogP contribution in [0.1, 0.15) is 20.8 Å². The van der Waals surface area contributed by atoms with Gasteiger partial charge in [0.25, 0.3) is 0 Å². The van der Waals surface area contributed by atoms with E-state index in [4.69, 9.17) is 9.57 Å². The molecule has 1 aliphatic heterocycles. The highest BCUT2D eigenvalue weighted by atomic mass is 16.6. The normalized spacial score (nSPS) is 17.7. The molecule has 0 bridgehead atoms. The van der Waals surface area contributed by atoms with E-state index in [9.17, 15) is 4.79 Å². The fourth-order valence-corrected chi connectivity index (χ4v) is 1.33. The van der Waals surface area contributed by atoms with Crippen LogP contribution in [0, 0.1) is 0 Å². The largest absolute Gasteiger partial charge is 0.444 e. The summed E-state index contributed by atoms with van der Waals surface area (Å²) in [6, 6.07) is 0. The van der Waals surface area contributed by atoms with Crippen molar-refractivity contribution in [3.8, 4) is 0 Å². The maximum atomic E-state index is 11.8. The van der Waals surface area contributed by atoms with E-state index in [1.807, 2.05) is 32.9 Å². The fourth-order valence-electron chi connectivity index (χ4n) is 1.33. The first kappa shape index (κ1) is 14.3. The number of carbonyl (C=O) groups excluding carboxylic acids is 1. The summed E-state index contributed by atoms with van der Waals surface area (Å²) in [4.78, 5) is 18.4. The van der Waals surface area contributed by atoms with Gasteiger partial charge in [-0.1, -0.05) is 23.9 Å². The fraction of sp³-hybridized carbons (Fsp3) is 0.538. The second-order valence-corrected chi connectivity index (χ2v) is 4.93. The van der Waals surface area contributed by atoms with Crippen LogP contribution < -0.4 is 0 Å². The third-order valence-corrected chi connectivity index (χ3v) is 2.01. The number of amides is 1. The number of hydrogen-bond donors (Lipinski definition) is 0. The van der Waals surface area contributed by atoms with Gasteiger partial charge in [0.05, 0.1) is 12.3 Å². The maximum Gasteiger partial charge on any atom is 0.410 e. The van der Waals surface area contributed by atoms with Gasteiger partial charge in [-0.25, -0.2) is 4.79 Å². The average molecular weight is 252 g/mol. The van der Waals surface area contributed by atoms with E-state index in [1.54, 1.807) is 11.0 Å². The molecule has 0 spiro atoms. The Labute approximate surface area is 108 Å². The molecular weight excluding hydrogens is 232 g/mol. The Balaban J connectivity index is 2.55. The van der Waals surface area contributed by atoms with Gasteiger partial charge in [0.2, 0.25) is 0 Å². The topological polar surface area (TPSA) is 51.1 Å². The molecule has 0 aromatic rings. The SMILES string of the molecule is C=CCON=C1C=CCN(C(=O)OC(C)(C)C)C1. The van der Waals surface area contributed by atoms with E-state index in [1.165, 1.54) is 0 Å². The van der Waals surface area contributed by atoms with Crippen LogP contribution >= 0.6 is 0 Å². The lowest BCUT2D eigenvalue weighted by Crippen LogP contribution is -2.41. The number of carbonyl (C=O) groups is 1. The van der Waals surface area contributed by atoms with Crippen molar-refractivity contribution < 1.29 is 14.4 Å². The van der Waals surface area contributed by atoms with Crippen LogP contribution in [0.15, 0.2) is 30.0 Å². The molecule has 1 rings (SSSR count). The Bertz CT molecular complexity index is 367. The highest BCUT2D eigenvalue weighted by molar-refractivity contribution is 5.98. The van der Waals surface area contributed by atoms with Gasteiger partial charge in [0.15, 0.2) is 0 Å². The van der Waals surface area contributed by atoms with E-state index in [-0.39, 0.29) is 6.09 Å². The molecule has 100 valence electrons. The summed E-state index contributed by atoms with van der Waals surface area (Å²) in [6.45, 7) is 10.3. The first-order chi connectivity index (χ1) is 8.42.